The molecule has 0 radical (unpaired) electrons. The smallest absolute Gasteiger partial charge is 0.452 e. The molecule has 0 N–H and O–H groups in total. The number of esters is 1. The summed E-state index contributed by atoms with van der Waals surface area (Å²) >= 11 is 6.27. The van der Waals surface area contributed by atoms with Gasteiger partial charge in [-0.15, -0.1) is 10.2 Å². The highest BCUT2D eigenvalue weighted by Gasteiger charge is 2.46. The Morgan fingerprint density at radius 3 is 2.27 bits per heavy atom. The fourth-order valence-corrected chi connectivity index (χ4v) is 6.36. The highest BCUT2D eigenvalue weighted by atomic mass is 35.5. The van der Waals surface area contributed by atoms with Gasteiger partial charge in [0.1, 0.15) is 29.1 Å². The van der Waals surface area contributed by atoms with Crippen molar-refractivity contribution in [1.82, 2.24) is 19.7 Å². The molecule has 2 aliphatic heterocycles. The van der Waals surface area contributed by atoms with Gasteiger partial charge in [0.25, 0.3) is 0 Å². The first kappa shape index (κ1) is 36.4. The number of hydrogen-bond donors (Lipinski definition) is 0. The number of fused-ring (bicyclic) bond motifs is 3. The number of nitrogens with zero attached hydrogens (tertiary/aromatic N) is 4. The van der Waals surface area contributed by atoms with Crippen molar-refractivity contribution in [3.05, 3.63) is 69.8 Å². The molecule has 1 aromatic heterocycles. The molecule has 0 saturated carbocycles. The van der Waals surface area contributed by atoms with Crippen molar-refractivity contribution in [2.45, 2.75) is 83.5 Å². The summed E-state index contributed by atoms with van der Waals surface area (Å²) < 4.78 is 105. The Morgan fingerprint density at radius 2 is 1.65 bits per heavy atom. The molecule has 0 spiro atoms. The third kappa shape index (κ3) is 8.14. The molecule has 1 saturated heterocycles. The van der Waals surface area contributed by atoms with Crippen LogP contribution in [-0.2, 0) is 31.4 Å². The van der Waals surface area contributed by atoms with E-state index >= 15 is 0 Å². The second kappa shape index (κ2) is 13.8. The first-order valence-electron chi connectivity index (χ1n) is 15.7. The Kier molecular flexibility index (Phi) is 10.3. The van der Waals surface area contributed by atoms with Crippen molar-refractivity contribution >= 4 is 23.5 Å². The molecule has 3 heterocycles. The third-order valence-electron chi connectivity index (χ3n) is 8.17. The van der Waals surface area contributed by atoms with Crippen LogP contribution in [0.5, 0.6) is 5.75 Å². The van der Waals surface area contributed by atoms with E-state index < -0.39 is 71.0 Å². The minimum absolute atomic E-state index is 0.0221. The summed E-state index contributed by atoms with van der Waals surface area (Å²) in [5.74, 6) is -3.29. The van der Waals surface area contributed by atoms with Gasteiger partial charge in [0.15, 0.2) is 5.82 Å². The zero-order valence-corrected chi connectivity index (χ0v) is 27.9. The molecule has 2 atom stereocenters. The number of aromatic nitrogens is 3. The Morgan fingerprint density at radius 1 is 0.959 bits per heavy atom. The van der Waals surface area contributed by atoms with E-state index in [0.29, 0.717) is 17.4 Å². The van der Waals surface area contributed by atoms with Gasteiger partial charge in [0.05, 0.1) is 18.7 Å². The van der Waals surface area contributed by atoms with Gasteiger partial charge in [-0.3, -0.25) is 14.2 Å². The highest BCUT2D eigenvalue weighted by molar-refractivity contribution is 6.30. The summed E-state index contributed by atoms with van der Waals surface area (Å²) in [5, 5.41) is 7.16. The molecule has 0 aliphatic carbocycles. The summed E-state index contributed by atoms with van der Waals surface area (Å²) in [6, 6.07) is 7.32. The average Bonchev–Trinajstić information content (AvgIpc) is 3.39. The molecule has 3 aromatic rings. The lowest BCUT2D eigenvalue weighted by Crippen LogP contribution is -2.40. The number of likely N-dealkylation sites (tertiary alicyclic amines) is 1. The molecular formula is C33H35ClF6N4O5. The molecule has 9 nitrogen and oxygen atoms in total. The summed E-state index contributed by atoms with van der Waals surface area (Å²) in [4.78, 5) is 27.5. The van der Waals surface area contributed by atoms with Gasteiger partial charge in [-0.2, -0.15) is 26.3 Å². The first-order valence-corrected chi connectivity index (χ1v) is 16.1. The summed E-state index contributed by atoms with van der Waals surface area (Å²) in [7, 11) is 0. The van der Waals surface area contributed by atoms with E-state index in [1.54, 1.807) is 20.8 Å². The number of alkyl halides is 6. The highest BCUT2D eigenvalue weighted by Crippen LogP contribution is 2.49. The molecule has 1 fully saturated rings. The molecule has 266 valence electrons. The van der Waals surface area contributed by atoms with Gasteiger partial charge in [-0.05, 0) is 70.7 Å². The summed E-state index contributed by atoms with van der Waals surface area (Å²) in [6.45, 7) is 7.19. The SMILES string of the molecule is CCOc1cccc([C@H]2O[C@H](CC(=O)N3CCC(CC(=O)OC(C)(C)C)CC3)c3nnc(C(F)(F)F)n3-c3ccc(Cl)cc32)c1C(F)(F)F. The van der Waals surface area contributed by atoms with E-state index in [4.69, 9.17) is 25.8 Å². The van der Waals surface area contributed by atoms with Crippen LogP contribution in [0.4, 0.5) is 26.3 Å². The third-order valence-corrected chi connectivity index (χ3v) is 8.40. The summed E-state index contributed by atoms with van der Waals surface area (Å²) in [6.07, 6.45) is -12.7. The fourth-order valence-electron chi connectivity index (χ4n) is 6.18. The van der Waals surface area contributed by atoms with Crippen LogP contribution in [0.25, 0.3) is 5.69 Å². The van der Waals surface area contributed by atoms with Gasteiger partial charge >= 0.3 is 18.3 Å². The number of piperidine rings is 1. The zero-order valence-electron chi connectivity index (χ0n) is 27.1. The van der Waals surface area contributed by atoms with Gasteiger partial charge in [-0.1, -0.05) is 23.7 Å². The lowest BCUT2D eigenvalue weighted by atomic mass is 9.93. The van der Waals surface area contributed by atoms with E-state index in [-0.39, 0.29) is 54.3 Å². The lowest BCUT2D eigenvalue weighted by Gasteiger charge is -2.33. The molecule has 2 aromatic carbocycles. The molecular weight excluding hydrogens is 682 g/mol. The van der Waals surface area contributed by atoms with Crippen LogP contribution in [0.1, 0.15) is 93.9 Å². The summed E-state index contributed by atoms with van der Waals surface area (Å²) in [5.41, 5.74) is -2.62. The normalized spacial score (nSPS) is 18.8. The second-order valence-corrected chi connectivity index (χ2v) is 13.3. The van der Waals surface area contributed by atoms with Crippen LogP contribution in [-0.4, -0.2) is 56.8 Å². The number of hydrogen-bond acceptors (Lipinski definition) is 7. The molecule has 49 heavy (non-hydrogen) atoms. The first-order chi connectivity index (χ1) is 22.9. The van der Waals surface area contributed by atoms with Gasteiger partial charge in [-0.25, -0.2) is 0 Å². The van der Waals surface area contributed by atoms with Gasteiger partial charge in [0.2, 0.25) is 11.7 Å². The predicted molar refractivity (Wildman–Crippen MR) is 164 cm³/mol. The van der Waals surface area contributed by atoms with Crippen LogP contribution in [0.2, 0.25) is 5.02 Å². The molecule has 1 amide bonds. The Labute approximate surface area is 283 Å². The molecule has 5 rings (SSSR count). The number of benzene rings is 2. The van der Waals surface area contributed by atoms with Crippen LogP contribution in [0.15, 0.2) is 36.4 Å². The maximum Gasteiger partial charge on any atom is 0.452 e. The maximum atomic E-state index is 14.7. The van der Waals surface area contributed by atoms with Crippen LogP contribution >= 0.6 is 11.6 Å². The topological polar surface area (TPSA) is 95.8 Å². The zero-order chi connectivity index (χ0) is 35.9. The number of rotatable bonds is 7. The molecule has 16 heteroatoms. The largest absolute Gasteiger partial charge is 0.493 e. The van der Waals surface area contributed by atoms with E-state index in [9.17, 15) is 35.9 Å². The van der Waals surface area contributed by atoms with Crippen LogP contribution in [0, 0.1) is 5.92 Å². The van der Waals surface area contributed by atoms with Crippen molar-refractivity contribution in [1.29, 1.82) is 0 Å². The van der Waals surface area contributed by atoms with E-state index in [0.717, 1.165) is 12.1 Å². The van der Waals surface area contributed by atoms with Crippen molar-refractivity contribution in [2.75, 3.05) is 19.7 Å². The second-order valence-electron chi connectivity index (χ2n) is 12.9. The minimum atomic E-state index is -5.03. The molecule has 2 aliphatic rings. The molecule has 0 bridgehead atoms. The monoisotopic (exact) mass is 716 g/mol. The number of carbonyl (C=O) groups is 2. The van der Waals surface area contributed by atoms with Gasteiger partial charge in [0, 0.05) is 35.7 Å². The van der Waals surface area contributed by atoms with Crippen LogP contribution in [0.3, 0.4) is 0 Å². The van der Waals surface area contributed by atoms with Crippen molar-refractivity contribution in [3.63, 3.8) is 0 Å². The number of amides is 1. The quantitative estimate of drug-likeness (QED) is 0.181. The van der Waals surface area contributed by atoms with Crippen molar-refractivity contribution in [3.8, 4) is 11.4 Å². The van der Waals surface area contributed by atoms with Crippen molar-refractivity contribution in [2.24, 2.45) is 5.92 Å². The predicted octanol–water partition coefficient (Wildman–Crippen LogP) is 7.88. The average molecular weight is 717 g/mol. The van der Waals surface area contributed by atoms with E-state index in [2.05, 4.69) is 10.2 Å². The Balaban J connectivity index is 1.53. The van der Waals surface area contributed by atoms with Crippen molar-refractivity contribution < 1.29 is 50.1 Å². The lowest BCUT2D eigenvalue weighted by molar-refractivity contribution is -0.156. The fraction of sp³-hybridized carbons (Fsp3) is 0.515. The molecule has 0 unspecified atom stereocenters. The number of ether oxygens (including phenoxy) is 3. The maximum absolute atomic E-state index is 14.7. The minimum Gasteiger partial charge on any atom is -0.493 e. The Bertz CT molecular complexity index is 1700. The number of carbonyl (C=O) groups excluding carboxylic acids is 2. The van der Waals surface area contributed by atoms with Crippen LogP contribution < -0.4 is 4.74 Å². The van der Waals surface area contributed by atoms with E-state index in [1.807, 2.05) is 0 Å². The van der Waals surface area contributed by atoms with Gasteiger partial charge < -0.3 is 19.1 Å². The number of halogens is 7. The standard InChI is InChI=1S/C33H35ClF6N4O5/c1-5-47-23-8-6-7-20(27(23)32(35,36)37)28-21-16-19(34)9-10-22(21)44-29(41-42-30(44)33(38,39)40)24(48-28)17-25(45)43-13-11-18(12-14-43)15-26(46)49-31(2,3)4/h6-10,16,18,24,28H,5,11-15,17H2,1-4H3/t24-,28-/m1/s1. The Hall–Kier alpha value is -3.85. The van der Waals surface area contributed by atoms with E-state index in [1.165, 1.54) is 36.1 Å².